The number of anilines is 1. The van der Waals surface area contributed by atoms with E-state index in [1.807, 2.05) is 0 Å². The number of amides is 1. The summed E-state index contributed by atoms with van der Waals surface area (Å²) in [6, 6.07) is 10.0. The lowest BCUT2D eigenvalue weighted by atomic mass is 10.2. The van der Waals surface area contributed by atoms with Crippen LogP contribution in [0.5, 0.6) is 11.5 Å². The Hall–Kier alpha value is -3.92. The molecule has 0 aliphatic carbocycles. The Morgan fingerprint density at radius 1 is 1.21 bits per heavy atom. The molecule has 0 saturated heterocycles. The van der Waals surface area contributed by atoms with Crippen molar-refractivity contribution in [2.24, 2.45) is 7.05 Å². The summed E-state index contributed by atoms with van der Waals surface area (Å²) in [5.74, 6) is -1.68. The maximum Gasteiger partial charge on any atom is 0.357 e. The van der Waals surface area contributed by atoms with Crippen molar-refractivity contribution in [3.63, 3.8) is 0 Å². The normalized spacial score (nSPS) is 10.4. The van der Waals surface area contributed by atoms with Gasteiger partial charge in [0.25, 0.3) is 11.6 Å². The summed E-state index contributed by atoms with van der Waals surface area (Å²) in [5.41, 5.74) is -0.899. The van der Waals surface area contributed by atoms with Gasteiger partial charge in [0.2, 0.25) is 0 Å². The van der Waals surface area contributed by atoms with Gasteiger partial charge in [-0.05, 0) is 24.3 Å². The molecule has 2 N–H and O–H groups in total. The highest BCUT2D eigenvalue weighted by molar-refractivity contribution is 6.30. The molecule has 1 aromatic heterocycles. The lowest BCUT2D eigenvalue weighted by Crippen LogP contribution is -2.15. The zero-order valence-electron chi connectivity index (χ0n) is 14.8. The number of carboxylic acids is 1. The predicted octanol–water partition coefficient (Wildman–Crippen LogP) is 3.72. The number of carbonyl (C=O) groups is 2. The van der Waals surface area contributed by atoms with Crippen LogP contribution in [0.1, 0.15) is 20.8 Å². The number of hydrogen-bond acceptors (Lipinski definition) is 6. The Labute approximate surface area is 168 Å². The average Bonchev–Trinajstić information content (AvgIpc) is 3.06. The number of carbonyl (C=O) groups excluding carboxylic acids is 1. The van der Waals surface area contributed by atoms with Crippen molar-refractivity contribution in [1.29, 1.82) is 0 Å². The summed E-state index contributed by atoms with van der Waals surface area (Å²) in [6.45, 7) is 0. The van der Waals surface area contributed by atoms with Gasteiger partial charge in [0.05, 0.1) is 22.2 Å². The van der Waals surface area contributed by atoms with Gasteiger partial charge in [0, 0.05) is 30.4 Å². The van der Waals surface area contributed by atoms with E-state index in [-0.39, 0.29) is 22.7 Å². The molecule has 1 amide bonds. The molecule has 0 aliphatic rings. The zero-order chi connectivity index (χ0) is 21.1. The molecule has 0 radical (unpaired) electrons. The van der Waals surface area contributed by atoms with Gasteiger partial charge in [-0.25, -0.2) is 4.79 Å². The van der Waals surface area contributed by atoms with Gasteiger partial charge in [-0.1, -0.05) is 11.6 Å². The number of aromatic carboxylic acids is 1. The van der Waals surface area contributed by atoms with E-state index in [0.29, 0.717) is 10.8 Å². The van der Waals surface area contributed by atoms with Crippen LogP contribution in [0.2, 0.25) is 5.02 Å². The molecule has 0 fully saturated rings. The Kier molecular flexibility index (Phi) is 5.46. The van der Waals surface area contributed by atoms with Gasteiger partial charge in [0.15, 0.2) is 5.69 Å². The second-order valence-electron chi connectivity index (χ2n) is 5.85. The number of ether oxygens (including phenoxy) is 1. The number of halogens is 1. The van der Waals surface area contributed by atoms with Crippen LogP contribution < -0.4 is 10.1 Å². The quantitative estimate of drug-likeness (QED) is 0.461. The van der Waals surface area contributed by atoms with E-state index >= 15 is 0 Å². The Bertz CT molecular complexity index is 1110. The smallest absolute Gasteiger partial charge is 0.357 e. The number of nitrogens with one attached hydrogen (secondary N) is 1. The molecule has 1 heterocycles. The lowest BCUT2D eigenvalue weighted by molar-refractivity contribution is -0.384. The predicted molar refractivity (Wildman–Crippen MR) is 103 cm³/mol. The van der Waals surface area contributed by atoms with Gasteiger partial charge in [-0.3, -0.25) is 19.6 Å². The summed E-state index contributed by atoms with van der Waals surface area (Å²) >= 11 is 5.82. The molecule has 0 saturated carbocycles. The molecular formula is C18H13ClN4O6. The van der Waals surface area contributed by atoms with Crippen molar-refractivity contribution in [1.82, 2.24) is 9.78 Å². The third-order valence-corrected chi connectivity index (χ3v) is 3.94. The van der Waals surface area contributed by atoms with Crippen molar-refractivity contribution < 1.29 is 24.4 Å². The van der Waals surface area contributed by atoms with Gasteiger partial charge in [-0.15, -0.1) is 0 Å². The number of rotatable bonds is 6. The van der Waals surface area contributed by atoms with E-state index in [1.165, 1.54) is 30.1 Å². The standard InChI is InChI=1S/C18H13ClN4O6/c1-22-9-15(16(21-22)18(25)26)17(24)20-11-6-12(23(27)28)8-14(7-11)29-13-4-2-10(19)3-5-13/h2-9H,1H3,(H,20,24)(H,25,26). The fourth-order valence-corrected chi connectivity index (χ4v) is 2.60. The molecule has 0 aliphatic heterocycles. The van der Waals surface area contributed by atoms with Crippen LogP contribution in [0.4, 0.5) is 11.4 Å². The van der Waals surface area contributed by atoms with Crippen LogP contribution in [0, 0.1) is 10.1 Å². The largest absolute Gasteiger partial charge is 0.476 e. The van der Waals surface area contributed by atoms with E-state index < -0.39 is 22.5 Å². The minimum atomic E-state index is -1.37. The van der Waals surface area contributed by atoms with E-state index in [0.717, 1.165) is 6.07 Å². The van der Waals surface area contributed by atoms with Crippen molar-refractivity contribution in [3.05, 3.63) is 75.1 Å². The summed E-state index contributed by atoms with van der Waals surface area (Å²) in [7, 11) is 1.47. The maximum atomic E-state index is 12.5. The summed E-state index contributed by atoms with van der Waals surface area (Å²) < 4.78 is 6.77. The number of benzene rings is 2. The molecule has 11 heteroatoms. The first kappa shape index (κ1) is 19.8. The molecule has 0 atom stereocenters. The molecule has 3 rings (SSSR count). The molecule has 0 unspecified atom stereocenters. The Balaban J connectivity index is 1.91. The lowest BCUT2D eigenvalue weighted by Gasteiger charge is -2.09. The van der Waals surface area contributed by atoms with E-state index in [9.17, 15) is 19.7 Å². The monoisotopic (exact) mass is 416 g/mol. The molecule has 0 bridgehead atoms. The van der Waals surface area contributed by atoms with Crippen molar-refractivity contribution >= 4 is 34.9 Å². The van der Waals surface area contributed by atoms with Crippen LogP contribution in [-0.2, 0) is 7.05 Å². The van der Waals surface area contributed by atoms with Crippen LogP contribution in [-0.4, -0.2) is 31.7 Å². The molecule has 29 heavy (non-hydrogen) atoms. The first-order valence-electron chi connectivity index (χ1n) is 8.04. The van der Waals surface area contributed by atoms with Gasteiger partial charge >= 0.3 is 5.97 Å². The van der Waals surface area contributed by atoms with Crippen molar-refractivity contribution in [2.75, 3.05) is 5.32 Å². The maximum absolute atomic E-state index is 12.5. The van der Waals surface area contributed by atoms with Gasteiger partial charge in [-0.2, -0.15) is 5.10 Å². The summed E-state index contributed by atoms with van der Waals surface area (Å²) in [6.07, 6.45) is 1.24. The van der Waals surface area contributed by atoms with Gasteiger partial charge in [0.1, 0.15) is 11.5 Å². The fourth-order valence-electron chi connectivity index (χ4n) is 2.47. The Morgan fingerprint density at radius 2 is 1.90 bits per heavy atom. The van der Waals surface area contributed by atoms with Crippen LogP contribution in [0.25, 0.3) is 0 Å². The third-order valence-electron chi connectivity index (χ3n) is 3.69. The SMILES string of the molecule is Cn1cc(C(=O)Nc2cc(Oc3ccc(Cl)cc3)cc([N+](=O)[O-])c2)c(C(=O)O)n1. The number of hydrogen-bond donors (Lipinski definition) is 2. The Morgan fingerprint density at radius 3 is 2.52 bits per heavy atom. The molecule has 0 spiro atoms. The first-order valence-corrected chi connectivity index (χ1v) is 8.42. The topological polar surface area (TPSA) is 137 Å². The number of nitrogens with zero attached hydrogens (tertiary/aromatic N) is 3. The highest BCUT2D eigenvalue weighted by atomic mass is 35.5. The molecule has 148 valence electrons. The van der Waals surface area contributed by atoms with Gasteiger partial charge < -0.3 is 15.2 Å². The highest BCUT2D eigenvalue weighted by Gasteiger charge is 2.22. The minimum Gasteiger partial charge on any atom is -0.476 e. The number of non-ortho nitro benzene ring substituents is 1. The number of aryl methyl sites for hydroxylation is 1. The minimum absolute atomic E-state index is 0.0494. The van der Waals surface area contributed by atoms with Crippen LogP contribution in [0.3, 0.4) is 0 Å². The number of aromatic nitrogens is 2. The fraction of sp³-hybridized carbons (Fsp3) is 0.0556. The number of nitro benzene ring substituents is 1. The second kappa shape index (κ2) is 7.98. The number of nitro groups is 1. The molecule has 10 nitrogen and oxygen atoms in total. The van der Waals surface area contributed by atoms with E-state index in [4.69, 9.17) is 21.4 Å². The van der Waals surface area contributed by atoms with E-state index in [1.54, 1.807) is 24.3 Å². The zero-order valence-corrected chi connectivity index (χ0v) is 15.6. The van der Waals surface area contributed by atoms with Crippen molar-refractivity contribution in [2.45, 2.75) is 0 Å². The third kappa shape index (κ3) is 4.68. The molecule has 2 aromatic carbocycles. The number of carboxylic acid groups (broad SMARTS) is 1. The van der Waals surface area contributed by atoms with Crippen LogP contribution in [0.15, 0.2) is 48.7 Å². The highest BCUT2D eigenvalue weighted by Crippen LogP contribution is 2.30. The molecule has 3 aromatic rings. The van der Waals surface area contributed by atoms with E-state index in [2.05, 4.69) is 10.4 Å². The summed E-state index contributed by atoms with van der Waals surface area (Å²) in [4.78, 5) is 34.3. The molecular weight excluding hydrogens is 404 g/mol. The van der Waals surface area contributed by atoms with Crippen LogP contribution >= 0.6 is 11.6 Å². The first-order chi connectivity index (χ1) is 13.7. The second-order valence-corrected chi connectivity index (χ2v) is 6.29. The summed E-state index contributed by atoms with van der Waals surface area (Å²) in [5, 5.41) is 27.0. The average molecular weight is 417 g/mol. The van der Waals surface area contributed by atoms with Crippen molar-refractivity contribution in [3.8, 4) is 11.5 Å².